The van der Waals surface area contributed by atoms with Crippen LogP contribution in [0.3, 0.4) is 0 Å². The second-order valence-corrected chi connectivity index (χ2v) is 8.53. The molecule has 2 amide bonds. The van der Waals surface area contributed by atoms with Crippen molar-refractivity contribution >= 4 is 23.8 Å². The van der Waals surface area contributed by atoms with E-state index in [2.05, 4.69) is 0 Å². The SMILES string of the molecule is CCS[C@H]([C@@H](C)C(=O)N(C)CCc1cccc(O)c1)[C@@H]1CCCN1C(=O)O. The standard InChI is InChI=1S/C20H30N2O4S/c1-4-27-18(17-9-6-11-22(17)20(25)26)14(2)19(24)21(3)12-10-15-7-5-8-16(23)13-15/h5,7-8,13-14,17-18,23H,4,6,9-12H2,1-3H3,(H,25,26)/t14-,17+,18-/m1/s1. The highest BCUT2D eigenvalue weighted by molar-refractivity contribution is 7.99. The van der Waals surface area contributed by atoms with Crippen molar-refractivity contribution in [2.45, 2.75) is 44.4 Å². The number of likely N-dealkylation sites (N-methyl/N-ethyl adjacent to an activating group) is 1. The lowest BCUT2D eigenvalue weighted by molar-refractivity contribution is -0.133. The minimum atomic E-state index is -0.893. The summed E-state index contributed by atoms with van der Waals surface area (Å²) < 4.78 is 0. The van der Waals surface area contributed by atoms with Gasteiger partial charge in [-0.1, -0.05) is 26.0 Å². The number of benzene rings is 1. The summed E-state index contributed by atoms with van der Waals surface area (Å²) in [4.78, 5) is 27.7. The van der Waals surface area contributed by atoms with Crippen LogP contribution in [-0.2, 0) is 11.2 Å². The van der Waals surface area contributed by atoms with E-state index in [4.69, 9.17) is 0 Å². The molecule has 0 bridgehead atoms. The van der Waals surface area contributed by atoms with E-state index in [1.165, 1.54) is 4.90 Å². The lowest BCUT2D eigenvalue weighted by Gasteiger charge is -2.34. The van der Waals surface area contributed by atoms with E-state index >= 15 is 0 Å². The average molecular weight is 395 g/mol. The zero-order chi connectivity index (χ0) is 20.0. The van der Waals surface area contributed by atoms with E-state index in [0.29, 0.717) is 19.5 Å². The number of aromatic hydroxyl groups is 1. The molecule has 1 aliphatic rings. The van der Waals surface area contributed by atoms with Crippen LogP contribution in [0.4, 0.5) is 4.79 Å². The van der Waals surface area contributed by atoms with Gasteiger partial charge in [0.05, 0.1) is 0 Å². The smallest absolute Gasteiger partial charge is 0.407 e. The molecule has 1 saturated heterocycles. The van der Waals surface area contributed by atoms with E-state index < -0.39 is 6.09 Å². The molecule has 27 heavy (non-hydrogen) atoms. The first-order chi connectivity index (χ1) is 12.8. The maximum Gasteiger partial charge on any atom is 0.407 e. The highest BCUT2D eigenvalue weighted by Crippen LogP contribution is 2.33. The van der Waals surface area contributed by atoms with Gasteiger partial charge in [-0.05, 0) is 42.7 Å². The lowest BCUT2D eigenvalue weighted by atomic mass is 9.97. The van der Waals surface area contributed by atoms with Crippen molar-refractivity contribution in [1.29, 1.82) is 0 Å². The average Bonchev–Trinajstić information content (AvgIpc) is 3.12. The predicted molar refractivity (Wildman–Crippen MR) is 108 cm³/mol. The molecule has 7 heteroatoms. The minimum Gasteiger partial charge on any atom is -0.508 e. The summed E-state index contributed by atoms with van der Waals surface area (Å²) in [6.45, 7) is 5.07. The molecule has 1 aromatic carbocycles. The fraction of sp³-hybridized carbons (Fsp3) is 0.600. The predicted octanol–water partition coefficient (Wildman–Crippen LogP) is 3.29. The van der Waals surface area contributed by atoms with E-state index in [1.54, 1.807) is 41.9 Å². The summed E-state index contributed by atoms with van der Waals surface area (Å²) in [6, 6.07) is 6.96. The number of carbonyl (C=O) groups is 2. The molecule has 6 nitrogen and oxygen atoms in total. The second kappa shape index (κ2) is 9.88. The molecule has 1 aromatic rings. The Morgan fingerprint density at radius 2 is 2.15 bits per heavy atom. The number of carbonyl (C=O) groups excluding carboxylic acids is 1. The normalized spacial score (nSPS) is 18.9. The molecule has 0 spiro atoms. The van der Waals surface area contributed by atoms with Crippen molar-refractivity contribution in [3.05, 3.63) is 29.8 Å². The van der Waals surface area contributed by atoms with Gasteiger partial charge in [-0.2, -0.15) is 11.8 Å². The molecule has 150 valence electrons. The molecule has 0 saturated carbocycles. The highest BCUT2D eigenvalue weighted by Gasteiger charge is 2.40. The fourth-order valence-electron chi connectivity index (χ4n) is 3.76. The van der Waals surface area contributed by atoms with Gasteiger partial charge in [0.1, 0.15) is 5.75 Å². The third kappa shape index (κ3) is 5.54. The van der Waals surface area contributed by atoms with Gasteiger partial charge in [0.2, 0.25) is 5.91 Å². The summed E-state index contributed by atoms with van der Waals surface area (Å²) in [5, 5.41) is 19.0. The Morgan fingerprint density at radius 1 is 1.41 bits per heavy atom. The summed E-state index contributed by atoms with van der Waals surface area (Å²) in [5.41, 5.74) is 0.981. The molecular formula is C20H30N2O4S. The molecule has 1 fully saturated rings. The van der Waals surface area contributed by atoms with E-state index in [-0.39, 0.29) is 28.9 Å². The quantitative estimate of drug-likeness (QED) is 0.707. The van der Waals surface area contributed by atoms with Crippen molar-refractivity contribution < 1.29 is 19.8 Å². The number of nitrogens with zero attached hydrogens (tertiary/aromatic N) is 2. The number of hydrogen-bond donors (Lipinski definition) is 2. The van der Waals surface area contributed by atoms with Crippen molar-refractivity contribution in [1.82, 2.24) is 9.80 Å². The van der Waals surface area contributed by atoms with Crippen LogP contribution in [0.2, 0.25) is 0 Å². The molecular weight excluding hydrogens is 364 g/mol. The van der Waals surface area contributed by atoms with Crippen LogP contribution in [0.15, 0.2) is 24.3 Å². The van der Waals surface area contributed by atoms with Gasteiger partial charge in [-0.3, -0.25) is 4.79 Å². The number of thioether (sulfide) groups is 1. The van der Waals surface area contributed by atoms with E-state index in [0.717, 1.165) is 24.2 Å². The van der Waals surface area contributed by atoms with Crippen molar-refractivity contribution in [3.8, 4) is 5.75 Å². The Morgan fingerprint density at radius 3 is 2.78 bits per heavy atom. The van der Waals surface area contributed by atoms with Gasteiger partial charge >= 0.3 is 6.09 Å². The number of carboxylic acid groups (broad SMARTS) is 1. The largest absolute Gasteiger partial charge is 0.508 e. The molecule has 0 aliphatic carbocycles. The molecule has 1 aliphatic heterocycles. The molecule has 0 aromatic heterocycles. The maximum atomic E-state index is 13.0. The van der Waals surface area contributed by atoms with Crippen LogP contribution in [0.25, 0.3) is 0 Å². The Labute approximate surface area is 165 Å². The van der Waals surface area contributed by atoms with Crippen molar-refractivity contribution in [2.24, 2.45) is 5.92 Å². The third-order valence-corrected chi connectivity index (χ3v) is 6.63. The van der Waals surface area contributed by atoms with Crippen molar-refractivity contribution in [2.75, 3.05) is 25.9 Å². The first-order valence-corrected chi connectivity index (χ1v) is 10.5. The van der Waals surface area contributed by atoms with Gasteiger partial charge < -0.3 is 20.0 Å². The van der Waals surface area contributed by atoms with Crippen LogP contribution in [0.1, 0.15) is 32.3 Å². The Hall–Kier alpha value is -1.89. The Balaban J connectivity index is 2.01. The number of phenols is 1. The van der Waals surface area contributed by atoms with Gasteiger partial charge in [0.25, 0.3) is 0 Å². The van der Waals surface area contributed by atoms with E-state index in [9.17, 15) is 19.8 Å². The summed E-state index contributed by atoms with van der Waals surface area (Å²) in [6.07, 6.45) is 1.44. The molecule has 2 rings (SSSR count). The van der Waals surface area contributed by atoms with E-state index in [1.807, 2.05) is 19.9 Å². The van der Waals surface area contributed by atoms with Crippen LogP contribution in [-0.4, -0.2) is 69.2 Å². The molecule has 3 atom stereocenters. The first kappa shape index (κ1) is 21.4. The number of phenolic OH excluding ortho intramolecular Hbond substituents is 1. The molecule has 0 radical (unpaired) electrons. The van der Waals surface area contributed by atoms with Crippen molar-refractivity contribution in [3.63, 3.8) is 0 Å². The number of hydrogen-bond acceptors (Lipinski definition) is 4. The zero-order valence-corrected chi connectivity index (χ0v) is 17.1. The molecule has 0 unspecified atom stereocenters. The van der Waals surface area contributed by atoms with Crippen LogP contribution < -0.4 is 0 Å². The Bertz CT molecular complexity index is 655. The molecule has 1 heterocycles. The summed E-state index contributed by atoms with van der Waals surface area (Å²) in [7, 11) is 1.79. The molecule has 2 N–H and O–H groups in total. The number of amides is 2. The Kier molecular flexibility index (Phi) is 7.83. The summed E-state index contributed by atoms with van der Waals surface area (Å²) >= 11 is 1.68. The third-order valence-electron chi connectivity index (χ3n) is 5.19. The lowest BCUT2D eigenvalue weighted by Crippen LogP contribution is -2.47. The second-order valence-electron chi connectivity index (χ2n) is 7.07. The van der Waals surface area contributed by atoms with Gasteiger partial charge in [0, 0.05) is 37.3 Å². The topological polar surface area (TPSA) is 81.1 Å². The first-order valence-electron chi connectivity index (χ1n) is 9.49. The zero-order valence-electron chi connectivity index (χ0n) is 16.3. The van der Waals surface area contributed by atoms with Gasteiger partial charge in [-0.25, -0.2) is 4.79 Å². The minimum absolute atomic E-state index is 0.0377. The maximum absolute atomic E-state index is 13.0. The summed E-state index contributed by atoms with van der Waals surface area (Å²) in [5.74, 6) is 0.857. The number of rotatable bonds is 8. The highest BCUT2D eigenvalue weighted by atomic mass is 32.2. The van der Waals surface area contributed by atoms with Gasteiger partial charge in [-0.15, -0.1) is 0 Å². The fourth-order valence-corrected chi connectivity index (χ4v) is 5.05. The van der Waals surface area contributed by atoms with Crippen LogP contribution >= 0.6 is 11.8 Å². The van der Waals surface area contributed by atoms with Crippen LogP contribution in [0, 0.1) is 5.92 Å². The number of likely N-dealkylation sites (tertiary alicyclic amines) is 1. The van der Waals surface area contributed by atoms with Gasteiger partial charge in [0.15, 0.2) is 0 Å². The van der Waals surface area contributed by atoms with Crippen LogP contribution in [0.5, 0.6) is 5.75 Å². The monoisotopic (exact) mass is 394 g/mol.